The Morgan fingerprint density at radius 1 is 1.44 bits per heavy atom. The van der Waals surface area contributed by atoms with E-state index in [2.05, 4.69) is 9.72 Å². The predicted molar refractivity (Wildman–Crippen MR) is 56.9 cm³/mol. The number of aromatic amines is 1. The number of phenolic OH excluding ortho intramolecular Hbond substituents is 1. The second-order valence-corrected chi connectivity index (χ2v) is 3.42. The molecule has 0 aliphatic rings. The fourth-order valence-electron chi connectivity index (χ4n) is 1.52. The summed E-state index contributed by atoms with van der Waals surface area (Å²) in [6, 6.07) is 6.37. The van der Waals surface area contributed by atoms with Crippen LogP contribution in [-0.4, -0.2) is 28.3 Å². The van der Waals surface area contributed by atoms with E-state index in [1.165, 1.54) is 19.2 Å². The highest BCUT2D eigenvalue weighted by molar-refractivity contribution is 5.84. The fraction of sp³-hybridized carbons (Fsp3) is 0.182. The molecule has 0 saturated carbocycles. The lowest BCUT2D eigenvalue weighted by Crippen LogP contribution is -2.13. The van der Waals surface area contributed by atoms with E-state index >= 15 is 0 Å². The van der Waals surface area contributed by atoms with E-state index in [4.69, 9.17) is 0 Å². The van der Waals surface area contributed by atoms with Crippen molar-refractivity contribution in [1.29, 1.82) is 0 Å². The summed E-state index contributed by atoms with van der Waals surface area (Å²) in [7, 11) is 1.21. The number of rotatable bonds is 2. The molecule has 0 fully saturated rings. The smallest absolute Gasteiger partial charge is 0.340 e. The van der Waals surface area contributed by atoms with Gasteiger partial charge in [-0.3, -0.25) is 0 Å². The Labute approximate surface area is 91.3 Å². The summed E-state index contributed by atoms with van der Waals surface area (Å²) >= 11 is 0. The number of esters is 1. The van der Waals surface area contributed by atoms with Crippen molar-refractivity contribution in [3.8, 4) is 5.75 Å². The summed E-state index contributed by atoms with van der Waals surface area (Å²) in [6.45, 7) is 0. The largest absolute Gasteiger partial charge is 0.508 e. The van der Waals surface area contributed by atoms with E-state index < -0.39 is 12.1 Å². The number of aromatic hydroxyl groups is 1. The summed E-state index contributed by atoms with van der Waals surface area (Å²) < 4.78 is 4.43. The van der Waals surface area contributed by atoms with Crippen molar-refractivity contribution >= 4 is 16.9 Å². The van der Waals surface area contributed by atoms with Gasteiger partial charge in [-0.15, -0.1) is 0 Å². The molecular formula is C11H11NO4. The number of H-pyrrole nitrogens is 1. The van der Waals surface area contributed by atoms with E-state index in [9.17, 15) is 15.0 Å². The van der Waals surface area contributed by atoms with Gasteiger partial charge in [0.2, 0.25) is 0 Å². The molecule has 1 unspecified atom stereocenters. The number of carbonyl (C=O) groups is 1. The van der Waals surface area contributed by atoms with Crippen LogP contribution in [0.25, 0.3) is 10.9 Å². The van der Waals surface area contributed by atoms with Crippen LogP contribution in [0.15, 0.2) is 24.3 Å². The molecule has 2 aromatic rings. The van der Waals surface area contributed by atoms with Crippen LogP contribution in [0, 0.1) is 0 Å². The Kier molecular flexibility index (Phi) is 2.54. The minimum atomic E-state index is -1.33. The van der Waals surface area contributed by atoms with Crippen molar-refractivity contribution in [3.63, 3.8) is 0 Å². The third-order valence-electron chi connectivity index (χ3n) is 2.35. The quantitative estimate of drug-likeness (QED) is 0.663. The summed E-state index contributed by atoms with van der Waals surface area (Å²) in [5, 5.41) is 19.7. The second kappa shape index (κ2) is 3.86. The molecule has 2 rings (SSSR count). The highest BCUT2D eigenvalue weighted by Crippen LogP contribution is 2.23. The molecule has 5 nitrogen and oxygen atoms in total. The van der Waals surface area contributed by atoms with Gasteiger partial charge in [-0.2, -0.15) is 0 Å². The van der Waals surface area contributed by atoms with Crippen molar-refractivity contribution in [2.75, 3.05) is 7.11 Å². The van der Waals surface area contributed by atoms with Gasteiger partial charge in [0, 0.05) is 17.0 Å². The molecule has 1 atom stereocenters. The summed E-state index contributed by atoms with van der Waals surface area (Å²) in [5.74, 6) is -0.607. The Morgan fingerprint density at radius 2 is 2.19 bits per heavy atom. The normalized spacial score (nSPS) is 12.6. The zero-order valence-electron chi connectivity index (χ0n) is 8.60. The molecule has 0 spiro atoms. The molecule has 1 aromatic carbocycles. The van der Waals surface area contributed by atoms with Crippen LogP contribution in [0.2, 0.25) is 0 Å². The summed E-state index contributed by atoms with van der Waals surface area (Å²) in [4.78, 5) is 14.0. The molecule has 0 radical (unpaired) electrons. The fourth-order valence-corrected chi connectivity index (χ4v) is 1.52. The number of hydrogen-bond acceptors (Lipinski definition) is 4. The summed E-state index contributed by atoms with van der Waals surface area (Å²) in [6.07, 6.45) is -1.33. The van der Waals surface area contributed by atoms with Crippen LogP contribution in [-0.2, 0) is 9.53 Å². The average Bonchev–Trinajstić information content (AvgIpc) is 2.69. The number of benzene rings is 1. The summed E-state index contributed by atoms with van der Waals surface area (Å²) in [5.41, 5.74) is 0.991. The number of fused-ring (bicyclic) bond motifs is 1. The van der Waals surface area contributed by atoms with Crippen LogP contribution in [0.4, 0.5) is 0 Å². The van der Waals surface area contributed by atoms with Gasteiger partial charge in [-0.1, -0.05) is 0 Å². The predicted octanol–water partition coefficient (Wildman–Crippen LogP) is 1.08. The highest BCUT2D eigenvalue weighted by atomic mass is 16.5. The molecule has 1 aromatic heterocycles. The lowest BCUT2D eigenvalue weighted by Gasteiger charge is -2.04. The Bertz CT molecular complexity index is 532. The number of aromatic nitrogens is 1. The zero-order chi connectivity index (χ0) is 11.7. The van der Waals surface area contributed by atoms with Gasteiger partial charge < -0.3 is 19.9 Å². The first kappa shape index (κ1) is 10.5. The monoisotopic (exact) mass is 221 g/mol. The van der Waals surface area contributed by atoms with E-state index in [0.29, 0.717) is 11.2 Å². The van der Waals surface area contributed by atoms with Gasteiger partial charge in [-0.25, -0.2) is 4.79 Å². The SMILES string of the molecule is COC(=O)C(O)c1cc2ccc(O)cc2[nH]1. The van der Waals surface area contributed by atoms with Crippen molar-refractivity contribution in [1.82, 2.24) is 4.98 Å². The number of aliphatic hydroxyl groups is 1. The number of hydrogen-bond donors (Lipinski definition) is 3. The van der Waals surface area contributed by atoms with Crippen molar-refractivity contribution in [2.24, 2.45) is 0 Å². The van der Waals surface area contributed by atoms with Gasteiger partial charge in [-0.05, 0) is 18.2 Å². The Balaban J connectivity index is 2.43. The van der Waals surface area contributed by atoms with Gasteiger partial charge >= 0.3 is 5.97 Å². The Hall–Kier alpha value is -2.01. The maximum atomic E-state index is 11.1. The zero-order valence-corrected chi connectivity index (χ0v) is 8.60. The van der Waals surface area contributed by atoms with Gasteiger partial charge in [0.05, 0.1) is 12.8 Å². The molecule has 1 heterocycles. The van der Waals surface area contributed by atoms with E-state index in [-0.39, 0.29) is 5.75 Å². The standard InChI is InChI=1S/C11H11NO4/c1-16-11(15)10(14)9-4-6-2-3-7(13)5-8(6)12-9/h2-5,10,12-14H,1H3. The minimum absolute atomic E-state index is 0.119. The van der Waals surface area contributed by atoms with E-state index in [1.54, 1.807) is 12.1 Å². The Morgan fingerprint density at radius 3 is 2.88 bits per heavy atom. The van der Waals surface area contributed by atoms with E-state index in [1.807, 2.05) is 0 Å². The third-order valence-corrected chi connectivity index (χ3v) is 2.35. The molecule has 0 aliphatic carbocycles. The molecule has 3 N–H and O–H groups in total. The minimum Gasteiger partial charge on any atom is -0.508 e. The van der Waals surface area contributed by atoms with E-state index in [0.717, 1.165) is 5.39 Å². The number of ether oxygens (including phenoxy) is 1. The number of phenols is 1. The maximum absolute atomic E-state index is 11.1. The third kappa shape index (κ3) is 1.72. The van der Waals surface area contributed by atoms with Gasteiger partial charge in [0.25, 0.3) is 0 Å². The van der Waals surface area contributed by atoms with Crippen molar-refractivity contribution in [3.05, 3.63) is 30.0 Å². The first-order valence-corrected chi connectivity index (χ1v) is 4.69. The number of carbonyl (C=O) groups excluding carboxylic acids is 1. The molecule has 0 saturated heterocycles. The first-order chi connectivity index (χ1) is 7.61. The van der Waals surface area contributed by atoms with Crippen LogP contribution < -0.4 is 0 Å². The van der Waals surface area contributed by atoms with Crippen LogP contribution in [0.5, 0.6) is 5.75 Å². The van der Waals surface area contributed by atoms with Gasteiger partial charge in [0.1, 0.15) is 5.75 Å². The molecule has 16 heavy (non-hydrogen) atoms. The molecule has 0 bridgehead atoms. The highest BCUT2D eigenvalue weighted by Gasteiger charge is 2.19. The van der Waals surface area contributed by atoms with Crippen LogP contribution >= 0.6 is 0 Å². The maximum Gasteiger partial charge on any atom is 0.340 e. The van der Waals surface area contributed by atoms with Crippen molar-refractivity contribution < 1.29 is 19.7 Å². The van der Waals surface area contributed by atoms with Crippen LogP contribution in [0.3, 0.4) is 0 Å². The van der Waals surface area contributed by atoms with Crippen molar-refractivity contribution in [2.45, 2.75) is 6.10 Å². The second-order valence-electron chi connectivity index (χ2n) is 3.42. The number of aliphatic hydroxyl groups excluding tert-OH is 1. The number of nitrogens with one attached hydrogen (secondary N) is 1. The lowest BCUT2D eigenvalue weighted by atomic mass is 10.2. The molecule has 5 heteroatoms. The van der Waals surface area contributed by atoms with Crippen LogP contribution in [0.1, 0.15) is 11.8 Å². The lowest BCUT2D eigenvalue weighted by molar-refractivity contribution is -0.150. The van der Waals surface area contributed by atoms with Gasteiger partial charge in [0.15, 0.2) is 6.10 Å². The first-order valence-electron chi connectivity index (χ1n) is 4.69. The molecule has 0 amide bonds. The number of methoxy groups -OCH3 is 1. The molecule has 0 aliphatic heterocycles. The topological polar surface area (TPSA) is 82.6 Å². The molecular weight excluding hydrogens is 210 g/mol. The molecule has 84 valence electrons. The average molecular weight is 221 g/mol.